The first-order valence-electron chi connectivity index (χ1n) is 5.54. The van der Waals surface area contributed by atoms with Crippen LogP contribution in [-0.4, -0.2) is 29.8 Å². The third kappa shape index (κ3) is 2.11. The van der Waals surface area contributed by atoms with Crippen molar-refractivity contribution in [2.75, 3.05) is 19.7 Å². The molecule has 17 heavy (non-hydrogen) atoms. The van der Waals surface area contributed by atoms with Gasteiger partial charge in [-0.05, 0) is 6.92 Å². The molecule has 1 fully saturated rings. The van der Waals surface area contributed by atoms with Gasteiger partial charge in [-0.2, -0.15) is 0 Å². The Morgan fingerprint density at radius 1 is 1.47 bits per heavy atom. The first kappa shape index (κ1) is 10.9. The van der Waals surface area contributed by atoms with E-state index in [0.717, 1.165) is 40.9 Å². The fraction of sp³-hybridized carbons (Fsp3) is 0.455. The summed E-state index contributed by atoms with van der Waals surface area (Å²) >= 11 is 1.64. The molecule has 3 heterocycles. The fourth-order valence-corrected chi connectivity index (χ4v) is 2.85. The summed E-state index contributed by atoms with van der Waals surface area (Å²) in [5, 5.41) is 8.09. The second-order valence-corrected chi connectivity index (χ2v) is 4.98. The Bertz CT molecular complexity index is 502. The lowest BCUT2D eigenvalue weighted by atomic mass is 10.2. The van der Waals surface area contributed by atoms with Gasteiger partial charge >= 0.3 is 0 Å². The highest BCUT2D eigenvalue weighted by molar-refractivity contribution is 7.15. The number of thiazole rings is 1. The first-order valence-corrected chi connectivity index (χ1v) is 6.36. The van der Waals surface area contributed by atoms with Crippen LogP contribution in [0.2, 0.25) is 0 Å². The van der Waals surface area contributed by atoms with Crippen molar-refractivity contribution < 1.29 is 9.26 Å². The largest absolute Gasteiger partial charge is 0.368 e. The van der Waals surface area contributed by atoms with E-state index in [-0.39, 0.29) is 6.10 Å². The molecule has 90 valence electrons. The van der Waals surface area contributed by atoms with E-state index in [4.69, 9.17) is 9.26 Å². The number of nitrogens with zero attached hydrogens (tertiary/aromatic N) is 2. The molecule has 3 rings (SSSR count). The van der Waals surface area contributed by atoms with Gasteiger partial charge in [-0.1, -0.05) is 5.16 Å². The highest BCUT2D eigenvalue weighted by Gasteiger charge is 2.20. The SMILES string of the molecule is Cc1oncc1-c1cnc(C2CNCCO2)s1. The maximum absolute atomic E-state index is 5.67. The molecular weight excluding hydrogens is 238 g/mol. The second-order valence-electron chi connectivity index (χ2n) is 3.92. The van der Waals surface area contributed by atoms with Gasteiger partial charge in [-0.25, -0.2) is 4.98 Å². The summed E-state index contributed by atoms with van der Waals surface area (Å²) in [6.07, 6.45) is 3.66. The second kappa shape index (κ2) is 4.56. The smallest absolute Gasteiger partial charge is 0.142 e. The Kier molecular flexibility index (Phi) is 2.92. The zero-order valence-electron chi connectivity index (χ0n) is 9.47. The van der Waals surface area contributed by atoms with Crippen LogP contribution in [0, 0.1) is 6.92 Å². The highest BCUT2D eigenvalue weighted by atomic mass is 32.1. The summed E-state index contributed by atoms with van der Waals surface area (Å²) in [5.74, 6) is 0.822. The van der Waals surface area contributed by atoms with Crippen LogP contribution in [0.5, 0.6) is 0 Å². The lowest BCUT2D eigenvalue weighted by molar-refractivity contribution is 0.0275. The first-order chi connectivity index (χ1) is 8.34. The van der Waals surface area contributed by atoms with Crippen LogP contribution in [0.3, 0.4) is 0 Å². The van der Waals surface area contributed by atoms with Gasteiger partial charge in [-0.15, -0.1) is 11.3 Å². The molecule has 1 atom stereocenters. The summed E-state index contributed by atoms with van der Waals surface area (Å²) in [6.45, 7) is 4.39. The molecule has 1 aliphatic rings. The molecule has 1 aliphatic heterocycles. The molecule has 0 radical (unpaired) electrons. The van der Waals surface area contributed by atoms with E-state index in [2.05, 4.69) is 15.5 Å². The van der Waals surface area contributed by atoms with Crippen LogP contribution in [0.4, 0.5) is 0 Å². The third-order valence-electron chi connectivity index (χ3n) is 2.74. The number of ether oxygens (including phenoxy) is 1. The lowest BCUT2D eigenvalue weighted by Crippen LogP contribution is -2.33. The Morgan fingerprint density at radius 2 is 2.41 bits per heavy atom. The van der Waals surface area contributed by atoms with E-state index in [1.807, 2.05) is 13.1 Å². The summed E-state index contributed by atoms with van der Waals surface area (Å²) < 4.78 is 10.7. The fourth-order valence-electron chi connectivity index (χ4n) is 1.82. The molecule has 1 N–H and O–H groups in total. The molecule has 1 saturated heterocycles. The molecule has 1 unspecified atom stereocenters. The molecule has 2 aromatic heterocycles. The molecule has 2 aromatic rings. The number of hydrogen-bond acceptors (Lipinski definition) is 6. The van der Waals surface area contributed by atoms with Crippen molar-refractivity contribution >= 4 is 11.3 Å². The molecule has 0 aromatic carbocycles. The van der Waals surface area contributed by atoms with Gasteiger partial charge < -0.3 is 14.6 Å². The van der Waals surface area contributed by atoms with Crippen LogP contribution in [0.15, 0.2) is 16.9 Å². The average Bonchev–Trinajstić information content (AvgIpc) is 2.98. The average molecular weight is 251 g/mol. The molecule has 0 saturated carbocycles. The Balaban J connectivity index is 1.85. The minimum atomic E-state index is 0.0719. The molecule has 6 heteroatoms. The van der Waals surface area contributed by atoms with Gasteiger partial charge in [0.1, 0.15) is 16.9 Å². The van der Waals surface area contributed by atoms with Crippen LogP contribution < -0.4 is 5.32 Å². The lowest BCUT2D eigenvalue weighted by Gasteiger charge is -2.21. The van der Waals surface area contributed by atoms with Gasteiger partial charge in [0.2, 0.25) is 0 Å². The van der Waals surface area contributed by atoms with E-state index >= 15 is 0 Å². The van der Waals surface area contributed by atoms with Crippen molar-refractivity contribution in [3.8, 4) is 10.4 Å². The summed E-state index contributed by atoms with van der Waals surface area (Å²) in [7, 11) is 0. The van der Waals surface area contributed by atoms with Gasteiger partial charge in [0, 0.05) is 19.3 Å². The molecule has 0 bridgehead atoms. The number of hydrogen-bond donors (Lipinski definition) is 1. The van der Waals surface area contributed by atoms with Gasteiger partial charge in [-0.3, -0.25) is 0 Å². The summed E-state index contributed by atoms with van der Waals surface area (Å²) in [5.41, 5.74) is 1.01. The highest BCUT2D eigenvalue weighted by Crippen LogP contribution is 2.32. The number of rotatable bonds is 2. The number of aromatic nitrogens is 2. The van der Waals surface area contributed by atoms with Crippen molar-refractivity contribution in [1.82, 2.24) is 15.5 Å². The quantitative estimate of drug-likeness (QED) is 0.881. The summed E-state index contributed by atoms with van der Waals surface area (Å²) in [6, 6.07) is 0. The maximum Gasteiger partial charge on any atom is 0.142 e. The normalized spacial score (nSPS) is 20.6. The Hall–Kier alpha value is -1.24. The summed E-state index contributed by atoms with van der Waals surface area (Å²) in [4.78, 5) is 5.50. The Labute approximate surface area is 103 Å². The third-order valence-corrected chi connectivity index (χ3v) is 3.87. The molecule has 0 aliphatic carbocycles. The van der Waals surface area contributed by atoms with Gasteiger partial charge in [0.15, 0.2) is 0 Å². The van der Waals surface area contributed by atoms with Crippen LogP contribution in [-0.2, 0) is 4.74 Å². The van der Waals surface area contributed by atoms with Crippen molar-refractivity contribution in [3.05, 3.63) is 23.2 Å². The van der Waals surface area contributed by atoms with E-state index in [1.54, 1.807) is 17.5 Å². The minimum Gasteiger partial charge on any atom is -0.368 e. The number of morpholine rings is 1. The minimum absolute atomic E-state index is 0.0719. The van der Waals surface area contributed by atoms with Crippen molar-refractivity contribution in [3.63, 3.8) is 0 Å². The van der Waals surface area contributed by atoms with Gasteiger partial charge in [0.25, 0.3) is 0 Å². The number of nitrogens with one attached hydrogen (secondary N) is 1. The monoisotopic (exact) mass is 251 g/mol. The van der Waals surface area contributed by atoms with E-state index in [0.29, 0.717) is 0 Å². The van der Waals surface area contributed by atoms with Gasteiger partial charge in [0.05, 0.1) is 23.2 Å². The van der Waals surface area contributed by atoms with Crippen molar-refractivity contribution in [2.45, 2.75) is 13.0 Å². The van der Waals surface area contributed by atoms with E-state index in [1.165, 1.54) is 0 Å². The van der Waals surface area contributed by atoms with E-state index in [9.17, 15) is 0 Å². The molecular formula is C11H13N3O2S. The topological polar surface area (TPSA) is 60.2 Å². The number of aryl methyl sites for hydroxylation is 1. The molecule has 5 nitrogen and oxygen atoms in total. The van der Waals surface area contributed by atoms with Crippen LogP contribution in [0.1, 0.15) is 16.9 Å². The van der Waals surface area contributed by atoms with E-state index < -0.39 is 0 Å². The predicted molar refractivity (Wildman–Crippen MR) is 63.9 cm³/mol. The van der Waals surface area contributed by atoms with Crippen LogP contribution >= 0.6 is 11.3 Å². The zero-order valence-corrected chi connectivity index (χ0v) is 10.3. The van der Waals surface area contributed by atoms with Crippen molar-refractivity contribution in [1.29, 1.82) is 0 Å². The standard InChI is InChI=1S/C11H13N3O2S/c1-7-8(4-14-16-7)10-6-13-11(17-10)9-5-12-2-3-15-9/h4,6,9,12H,2-3,5H2,1H3. The maximum atomic E-state index is 5.67. The molecule has 0 spiro atoms. The van der Waals surface area contributed by atoms with Crippen molar-refractivity contribution in [2.24, 2.45) is 0 Å². The zero-order chi connectivity index (χ0) is 11.7. The molecule has 0 amide bonds. The predicted octanol–water partition coefficient (Wildman–Crippen LogP) is 1.77. The van der Waals surface area contributed by atoms with Crippen LogP contribution in [0.25, 0.3) is 10.4 Å². The Morgan fingerprint density at radius 3 is 3.12 bits per heavy atom.